The SMILES string of the molecule is CC(C(=O)O)n1c(=O)oc2cc(C(=O)c3cccs3)ccc21. The highest BCUT2D eigenvalue weighted by molar-refractivity contribution is 7.12. The molecule has 7 heteroatoms. The van der Waals surface area contributed by atoms with Crippen molar-refractivity contribution in [2.45, 2.75) is 13.0 Å². The number of aromatic nitrogens is 1. The average Bonchev–Trinajstić information content (AvgIpc) is 3.11. The van der Waals surface area contributed by atoms with Crippen molar-refractivity contribution < 1.29 is 19.1 Å². The first kappa shape index (κ1) is 14.3. The van der Waals surface area contributed by atoms with Crippen molar-refractivity contribution in [2.75, 3.05) is 0 Å². The molecule has 1 unspecified atom stereocenters. The third kappa shape index (κ3) is 2.25. The predicted molar refractivity (Wildman–Crippen MR) is 80.6 cm³/mol. The van der Waals surface area contributed by atoms with Crippen LogP contribution in [0.5, 0.6) is 0 Å². The lowest BCUT2D eigenvalue weighted by atomic mass is 10.1. The Morgan fingerprint density at radius 2 is 2.09 bits per heavy atom. The second kappa shape index (κ2) is 5.27. The number of nitrogens with zero attached hydrogens (tertiary/aromatic N) is 1. The zero-order chi connectivity index (χ0) is 15.9. The van der Waals surface area contributed by atoms with E-state index in [4.69, 9.17) is 9.52 Å². The third-order valence-corrected chi connectivity index (χ3v) is 4.23. The molecule has 6 nitrogen and oxygen atoms in total. The lowest BCUT2D eigenvalue weighted by Gasteiger charge is -2.06. The summed E-state index contributed by atoms with van der Waals surface area (Å²) in [5.74, 6) is -2.06. The van der Waals surface area contributed by atoms with Crippen LogP contribution in [0.25, 0.3) is 11.1 Å². The van der Waals surface area contributed by atoms with Gasteiger partial charge in [0.05, 0.1) is 10.4 Å². The van der Waals surface area contributed by atoms with E-state index < -0.39 is 17.8 Å². The van der Waals surface area contributed by atoms with E-state index in [2.05, 4.69) is 0 Å². The van der Waals surface area contributed by atoms with Crippen molar-refractivity contribution in [1.82, 2.24) is 4.57 Å². The number of hydrogen-bond acceptors (Lipinski definition) is 5. The average molecular weight is 317 g/mol. The predicted octanol–water partition coefficient (Wildman–Crippen LogP) is 2.53. The zero-order valence-corrected chi connectivity index (χ0v) is 12.3. The van der Waals surface area contributed by atoms with E-state index in [-0.39, 0.29) is 11.4 Å². The second-order valence-electron chi connectivity index (χ2n) is 4.74. The normalized spacial score (nSPS) is 12.4. The lowest BCUT2D eigenvalue weighted by Crippen LogP contribution is -2.24. The monoisotopic (exact) mass is 317 g/mol. The second-order valence-corrected chi connectivity index (χ2v) is 5.69. The Labute approximate surface area is 128 Å². The van der Waals surface area contributed by atoms with Gasteiger partial charge in [0, 0.05) is 5.56 Å². The molecule has 0 amide bonds. The van der Waals surface area contributed by atoms with Gasteiger partial charge in [-0.3, -0.25) is 9.36 Å². The van der Waals surface area contributed by atoms with Crippen LogP contribution in [0.3, 0.4) is 0 Å². The summed E-state index contributed by atoms with van der Waals surface area (Å²) in [5.41, 5.74) is 0.932. The highest BCUT2D eigenvalue weighted by Crippen LogP contribution is 2.21. The van der Waals surface area contributed by atoms with Crippen molar-refractivity contribution in [3.8, 4) is 0 Å². The van der Waals surface area contributed by atoms with Crippen molar-refractivity contribution >= 4 is 34.2 Å². The van der Waals surface area contributed by atoms with Gasteiger partial charge in [0.15, 0.2) is 5.58 Å². The summed E-state index contributed by atoms with van der Waals surface area (Å²) in [6, 6.07) is 6.99. The molecule has 0 spiro atoms. The fraction of sp³-hybridized carbons (Fsp3) is 0.133. The molecule has 1 N–H and O–H groups in total. The molecule has 0 saturated carbocycles. The Balaban J connectivity index is 2.11. The minimum absolute atomic E-state index is 0.168. The third-order valence-electron chi connectivity index (χ3n) is 3.37. The van der Waals surface area contributed by atoms with Crippen molar-refractivity contribution in [1.29, 1.82) is 0 Å². The summed E-state index contributed by atoms with van der Waals surface area (Å²) >= 11 is 1.32. The largest absolute Gasteiger partial charge is 0.480 e. The molecule has 0 saturated heterocycles. The van der Waals surface area contributed by atoms with Gasteiger partial charge >= 0.3 is 11.7 Å². The van der Waals surface area contributed by atoms with Gasteiger partial charge in [0.2, 0.25) is 5.78 Å². The summed E-state index contributed by atoms with van der Waals surface area (Å²) in [5, 5.41) is 10.9. The van der Waals surface area contributed by atoms with Crippen molar-refractivity contribution in [3.63, 3.8) is 0 Å². The van der Waals surface area contributed by atoms with E-state index in [1.807, 2.05) is 0 Å². The standard InChI is InChI=1S/C15H11NO5S/c1-8(14(18)19)16-10-5-4-9(7-11(10)21-15(16)20)13(17)12-3-2-6-22-12/h2-8H,1H3,(H,18,19). The van der Waals surface area contributed by atoms with E-state index in [0.29, 0.717) is 16.0 Å². The van der Waals surface area contributed by atoms with Crippen LogP contribution in [0.4, 0.5) is 0 Å². The first-order valence-corrected chi connectivity index (χ1v) is 7.33. The molecule has 2 heterocycles. The van der Waals surface area contributed by atoms with Crippen LogP contribution in [-0.2, 0) is 4.79 Å². The van der Waals surface area contributed by atoms with Crippen molar-refractivity contribution in [3.05, 3.63) is 56.7 Å². The Hall–Kier alpha value is -2.67. The summed E-state index contributed by atoms with van der Waals surface area (Å²) in [6.45, 7) is 1.39. The van der Waals surface area contributed by atoms with Gasteiger partial charge < -0.3 is 9.52 Å². The number of aliphatic carboxylic acids is 1. The highest BCUT2D eigenvalue weighted by atomic mass is 32.1. The number of ketones is 1. The Kier molecular flexibility index (Phi) is 3.42. The molecule has 1 aromatic carbocycles. The molecular formula is C15H11NO5S. The number of carboxylic acid groups (broad SMARTS) is 1. The summed E-state index contributed by atoms with van der Waals surface area (Å²) in [6.07, 6.45) is 0. The molecule has 0 fully saturated rings. The van der Waals surface area contributed by atoms with Gasteiger partial charge in [-0.05, 0) is 36.6 Å². The Morgan fingerprint density at radius 3 is 2.73 bits per heavy atom. The summed E-state index contributed by atoms with van der Waals surface area (Å²) < 4.78 is 6.13. The Bertz CT molecular complexity index is 919. The quantitative estimate of drug-likeness (QED) is 0.747. The topological polar surface area (TPSA) is 89.5 Å². The van der Waals surface area contributed by atoms with E-state index >= 15 is 0 Å². The molecule has 0 aliphatic rings. The minimum atomic E-state index is -1.14. The Morgan fingerprint density at radius 1 is 1.32 bits per heavy atom. The van der Waals surface area contributed by atoms with Gasteiger partial charge in [-0.15, -0.1) is 11.3 Å². The number of carbonyl (C=O) groups is 2. The number of rotatable bonds is 4. The van der Waals surface area contributed by atoms with Crippen LogP contribution in [0.1, 0.15) is 28.2 Å². The molecule has 1 atom stereocenters. The lowest BCUT2D eigenvalue weighted by molar-refractivity contribution is -0.140. The van der Waals surface area contributed by atoms with Gasteiger partial charge in [0.25, 0.3) is 0 Å². The number of hydrogen-bond donors (Lipinski definition) is 1. The van der Waals surface area contributed by atoms with Crippen LogP contribution in [0.2, 0.25) is 0 Å². The molecule has 2 aromatic heterocycles. The van der Waals surface area contributed by atoms with E-state index in [1.165, 1.54) is 30.4 Å². The smallest absolute Gasteiger partial charge is 0.420 e. The number of carboxylic acids is 1. The molecule has 0 aliphatic heterocycles. The molecule has 0 radical (unpaired) electrons. The van der Waals surface area contributed by atoms with Gasteiger partial charge in [-0.25, -0.2) is 9.59 Å². The fourth-order valence-corrected chi connectivity index (χ4v) is 2.89. The summed E-state index contributed by atoms with van der Waals surface area (Å²) in [7, 11) is 0. The van der Waals surface area contributed by atoms with Crippen LogP contribution in [-0.4, -0.2) is 21.4 Å². The first-order chi connectivity index (χ1) is 10.5. The molecular weight excluding hydrogens is 306 g/mol. The van der Waals surface area contributed by atoms with Crippen LogP contribution < -0.4 is 5.76 Å². The van der Waals surface area contributed by atoms with E-state index in [0.717, 1.165) is 4.57 Å². The zero-order valence-electron chi connectivity index (χ0n) is 11.5. The first-order valence-electron chi connectivity index (χ1n) is 6.45. The van der Waals surface area contributed by atoms with Gasteiger partial charge in [-0.2, -0.15) is 0 Å². The number of oxazole rings is 1. The van der Waals surface area contributed by atoms with E-state index in [9.17, 15) is 14.4 Å². The fourth-order valence-electron chi connectivity index (χ4n) is 2.20. The number of fused-ring (bicyclic) bond motifs is 1. The molecule has 0 bridgehead atoms. The maximum atomic E-state index is 12.3. The number of benzene rings is 1. The maximum absolute atomic E-state index is 12.3. The van der Waals surface area contributed by atoms with Gasteiger partial charge in [-0.1, -0.05) is 6.07 Å². The van der Waals surface area contributed by atoms with Gasteiger partial charge in [0.1, 0.15) is 6.04 Å². The van der Waals surface area contributed by atoms with E-state index in [1.54, 1.807) is 23.6 Å². The highest BCUT2D eigenvalue weighted by Gasteiger charge is 2.21. The molecule has 112 valence electrons. The van der Waals surface area contributed by atoms with Crippen molar-refractivity contribution in [2.24, 2.45) is 0 Å². The van der Waals surface area contributed by atoms with Crippen LogP contribution in [0, 0.1) is 0 Å². The molecule has 3 rings (SSSR count). The summed E-state index contributed by atoms with van der Waals surface area (Å²) in [4.78, 5) is 35.8. The van der Waals surface area contributed by atoms with Crippen LogP contribution >= 0.6 is 11.3 Å². The maximum Gasteiger partial charge on any atom is 0.420 e. The molecule has 22 heavy (non-hydrogen) atoms. The minimum Gasteiger partial charge on any atom is -0.480 e. The van der Waals surface area contributed by atoms with Crippen LogP contribution in [0.15, 0.2) is 44.9 Å². The molecule has 3 aromatic rings. The number of thiophene rings is 1. The molecule has 0 aliphatic carbocycles. The number of carbonyl (C=O) groups excluding carboxylic acids is 1.